The number of benzene rings is 1. The van der Waals surface area contributed by atoms with E-state index >= 15 is 0 Å². The second-order valence-corrected chi connectivity index (χ2v) is 4.43. The van der Waals surface area contributed by atoms with Crippen molar-refractivity contribution in [1.29, 1.82) is 0 Å². The molecule has 14 heavy (non-hydrogen) atoms. The van der Waals surface area contributed by atoms with Crippen LogP contribution in [0.15, 0.2) is 22.7 Å². The van der Waals surface area contributed by atoms with Gasteiger partial charge in [-0.25, -0.2) is 0 Å². The molecular weight excluding hydrogens is 238 g/mol. The van der Waals surface area contributed by atoms with Gasteiger partial charge in [0.2, 0.25) is 0 Å². The third-order valence-electron chi connectivity index (χ3n) is 2.45. The smallest absolute Gasteiger partial charge is 0.0178 e. The first kappa shape index (κ1) is 11.7. The van der Waals surface area contributed by atoms with Gasteiger partial charge in [0.05, 0.1) is 0 Å². The average Bonchev–Trinajstić information content (AvgIpc) is 2.19. The first-order chi connectivity index (χ1) is 6.77. The second-order valence-electron chi connectivity index (χ2n) is 3.51. The minimum atomic E-state index is 0.801. The van der Waals surface area contributed by atoms with E-state index in [0.717, 1.165) is 25.8 Å². The largest absolute Gasteiger partial charge is 0.330 e. The number of halogens is 1. The van der Waals surface area contributed by atoms with E-state index in [1.807, 2.05) is 0 Å². The maximum Gasteiger partial charge on any atom is 0.0178 e. The summed E-state index contributed by atoms with van der Waals surface area (Å²) in [5, 5.41) is 0. The van der Waals surface area contributed by atoms with Gasteiger partial charge in [-0.15, -0.1) is 0 Å². The lowest BCUT2D eigenvalue weighted by molar-refractivity contribution is 0.740. The van der Waals surface area contributed by atoms with Crippen LogP contribution < -0.4 is 5.73 Å². The van der Waals surface area contributed by atoms with Gasteiger partial charge in [0, 0.05) is 4.47 Å². The van der Waals surface area contributed by atoms with Crippen molar-refractivity contribution in [2.45, 2.75) is 32.6 Å². The maximum absolute atomic E-state index is 5.48. The van der Waals surface area contributed by atoms with Crippen LogP contribution in [0.3, 0.4) is 0 Å². The molecule has 0 heterocycles. The number of unbranched alkanes of at least 4 members (excludes halogenated alkanes) is 1. The summed E-state index contributed by atoms with van der Waals surface area (Å²) in [5.41, 5.74) is 8.41. The Morgan fingerprint density at radius 3 is 2.64 bits per heavy atom. The third-order valence-corrected chi connectivity index (χ3v) is 2.94. The quantitative estimate of drug-likeness (QED) is 0.804. The van der Waals surface area contributed by atoms with E-state index in [4.69, 9.17) is 5.73 Å². The molecule has 0 spiro atoms. The SMILES string of the molecule is CCc1ccc(Br)cc1CCCCN. The van der Waals surface area contributed by atoms with E-state index in [9.17, 15) is 0 Å². The second kappa shape index (κ2) is 6.20. The monoisotopic (exact) mass is 255 g/mol. The molecule has 2 heteroatoms. The van der Waals surface area contributed by atoms with Crippen molar-refractivity contribution in [3.63, 3.8) is 0 Å². The number of rotatable bonds is 5. The number of hydrogen-bond acceptors (Lipinski definition) is 1. The van der Waals surface area contributed by atoms with Gasteiger partial charge in [-0.3, -0.25) is 0 Å². The molecule has 1 aromatic rings. The fraction of sp³-hybridized carbons (Fsp3) is 0.500. The Morgan fingerprint density at radius 1 is 1.21 bits per heavy atom. The van der Waals surface area contributed by atoms with E-state index in [-0.39, 0.29) is 0 Å². The summed E-state index contributed by atoms with van der Waals surface area (Å²) in [4.78, 5) is 0. The van der Waals surface area contributed by atoms with Gasteiger partial charge in [-0.2, -0.15) is 0 Å². The van der Waals surface area contributed by atoms with Crippen LogP contribution in [0.5, 0.6) is 0 Å². The lowest BCUT2D eigenvalue weighted by Gasteiger charge is -2.07. The molecule has 0 aliphatic rings. The number of aryl methyl sites for hydroxylation is 2. The molecule has 0 saturated carbocycles. The molecule has 1 nitrogen and oxygen atoms in total. The van der Waals surface area contributed by atoms with Gasteiger partial charge in [0.25, 0.3) is 0 Å². The van der Waals surface area contributed by atoms with Crippen molar-refractivity contribution >= 4 is 15.9 Å². The molecule has 0 fully saturated rings. The Kier molecular flexibility index (Phi) is 5.20. The number of hydrogen-bond donors (Lipinski definition) is 1. The molecule has 0 atom stereocenters. The van der Waals surface area contributed by atoms with Crippen molar-refractivity contribution in [2.24, 2.45) is 5.73 Å². The molecule has 0 bridgehead atoms. The Balaban J connectivity index is 2.67. The highest BCUT2D eigenvalue weighted by Crippen LogP contribution is 2.19. The van der Waals surface area contributed by atoms with Crippen molar-refractivity contribution in [3.05, 3.63) is 33.8 Å². The first-order valence-corrected chi connectivity index (χ1v) is 6.04. The summed E-state index contributed by atoms with van der Waals surface area (Å²) in [6, 6.07) is 6.56. The van der Waals surface area contributed by atoms with E-state index in [0.29, 0.717) is 0 Å². The normalized spacial score (nSPS) is 10.5. The molecule has 0 amide bonds. The maximum atomic E-state index is 5.48. The summed E-state index contributed by atoms with van der Waals surface area (Å²) in [6.45, 7) is 3.01. The molecule has 2 N–H and O–H groups in total. The summed E-state index contributed by atoms with van der Waals surface area (Å²) >= 11 is 3.51. The topological polar surface area (TPSA) is 26.0 Å². The summed E-state index contributed by atoms with van der Waals surface area (Å²) in [7, 11) is 0. The van der Waals surface area contributed by atoms with Gasteiger partial charge in [0.1, 0.15) is 0 Å². The first-order valence-electron chi connectivity index (χ1n) is 5.25. The van der Waals surface area contributed by atoms with Gasteiger partial charge >= 0.3 is 0 Å². The van der Waals surface area contributed by atoms with E-state index in [2.05, 4.69) is 41.1 Å². The Hall–Kier alpha value is -0.340. The highest BCUT2D eigenvalue weighted by atomic mass is 79.9. The minimum absolute atomic E-state index is 0.801. The molecule has 0 radical (unpaired) electrons. The fourth-order valence-corrected chi connectivity index (χ4v) is 2.04. The minimum Gasteiger partial charge on any atom is -0.330 e. The predicted molar refractivity (Wildman–Crippen MR) is 65.5 cm³/mol. The zero-order chi connectivity index (χ0) is 10.4. The van der Waals surface area contributed by atoms with E-state index < -0.39 is 0 Å². The van der Waals surface area contributed by atoms with Gasteiger partial charge < -0.3 is 5.73 Å². The highest BCUT2D eigenvalue weighted by Gasteiger charge is 2.01. The van der Waals surface area contributed by atoms with Crippen LogP contribution in [0.25, 0.3) is 0 Å². The van der Waals surface area contributed by atoms with Crippen molar-refractivity contribution in [2.75, 3.05) is 6.54 Å². The van der Waals surface area contributed by atoms with Gasteiger partial charge in [0.15, 0.2) is 0 Å². The molecule has 0 aliphatic carbocycles. The van der Waals surface area contributed by atoms with Gasteiger partial charge in [-0.05, 0) is 55.5 Å². The average molecular weight is 256 g/mol. The van der Waals surface area contributed by atoms with E-state index in [1.165, 1.54) is 22.0 Å². The van der Waals surface area contributed by atoms with Crippen LogP contribution in [0.2, 0.25) is 0 Å². The Labute approximate surface area is 94.8 Å². The third kappa shape index (κ3) is 3.43. The Bertz CT molecular complexity index is 284. The standard InChI is InChI=1S/C12H18BrN/c1-2-10-6-7-12(13)9-11(10)5-3-4-8-14/h6-7,9H,2-5,8,14H2,1H3. The van der Waals surface area contributed by atoms with Crippen LogP contribution in [0.4, 0.5) is 0 Å². The molecule has 78 valence electrons. The predicted octanol–water partition coefficient (Wildman–Crippen LogP) is 3.29. The van der Waals surface area contributed by atoms with Crippen molar-refractivity contribution in [3.8, 4) is 0 Å². The van der Waals surface area contributed by atoms with E-state index in [1.54, 1.807) is 0 Å². The summed E-state index contributed by atoms with van der Waals surface area (Å²) in [6.07, 6.45) is 4.58. The fourth-order valence-electron chi connectivity index (χ4n) is 1.63. The number of nitrogens with two attached hydrogens (primary N) is 1. The van der Waals surface area contributed by atoms with Crippen molar-refractivity contribution < 1.29 is 0 Å². The molecular formula is C12H18BrN. The summed E-state index contributed by atoms with van der Waals surface area (Å²) < 4.78 is 1.18. The van der Waals surface area contributed by atoms with Crippen LogP contribution in [-0.2, 0) is 12.8 Å². The van der Waals surface area contributed by atoms with Crippen LogP contribution in [-0.4, -0.2) is 6.54 Å². The lowest BCUT2D eigenvalue weighted by Crippen LogP contribution is -2.00. The molecule has 0 unspecified atom stereocenters. The van der Waals surface area contributed by atoms with Crippen molar-refractivity contribution in [1.82, 2.24) is 0 Å². The van der Waals surface area contributed by atoms with Crippen LogP contribution in [0.1, 0.15) is 30.9 Å². The van der Waals surface area contributed by atoms with Crippen LogP contribution in [0, 0.1) is 0 Å². The Morgan fingerprint density at radius 2 is 2.00 bits per heavy atom. The summed E-state index contributed by atoms with van der Waals surface area (Å²) in [5.74, 6) is 0. The zero-order valence-electron chi connectivity index (χ0n) is 8.72. The lowest BCUT2D eigenvalue weighted by atomic mass is 10.0. The molecule has 0 aromatic heterocycles. The van der Waals surface area contributed by atoms with Gasteiger partial charge in [-0.1, -0.05) is 28.9 Å². The molecule has 0 aliphatic heterocycles. The molecule has 1 aromatic carbocycles. The van der Waals surface area contributed by atoms with Crippen LogP contribution >= 0.6 is 15.9 Å². The molecule has 1 rings (SSSR count). The highest BCUT2D eigenvalue weighted by molar-refractivity contribution is 9.10. The molecule has 0 saturated heterocycles. The zero-order valence-corrected chi connectivity index (χ0v) is 10.3.